The Morgan fingerprint density at radius 2 is 1.83 bits per heavy atom. The Bertz CT molecular complexity index is 655. The van der Waals surface area contributed by atoms with E-state index in [0.29, 0.717) is 12.5 Å². The topological polar surface area (TPSA) is 41.6 Å². The SMILES string of the molecule is C[C@@H]1CCCN(CC(=O)Nc2ccc(Oc3ccccc3)cc2)C1. The van der Waals surface area contributed by atoms with Crippen LogP contribution in [-0.2, 0) is 4.79 Å². The number of hydrogen-bond donors (Lipinski definition) is 1. The number of ether oxygens (including phenoxy) is 1. The van der Waals surface area contributed by atoms with Crippen molar-refractivity contribution in [1.82, 2.24) is 4.90 Å². The number of para-hydroxylation sites is 1. The zero-order chi connectivity index (χ0) is 16.8. The van der Waals surface area contributed by atoms with Gasteiger partial charge in [0, 0.05) is 12.2 Å². The largest absolute Gasteiger partial charge is 0.457 e. The summed E-state index contributed by atoms with van der Waals surface area (Å²) in [6, 6.07) is 17.1. The minimum Gasteiger partial charge on any atom is -0.457 e. The molecule has 1 aliphatic rings. The number of piperidine rings is 1. The van der Waals surface area contributed by atoms with Crippen molar-refractivity contribution in [2.45, 2.75) is 19.8 Å². The summed E-state index contributed by atoms with van der Waals surface area (Å²) in [5.41, 5.74) is 0.797. The quantitative estimate of drug-likeness (QED) is 0.898. The van der Waals surface area contributed by atoms with Crippen LogP contribution >= 0.6 is 0 Å². The Balaban J connectivity index is 1.51. The van der Waals surface area contributed by atoms with E-state index in [0.717, 1.165) is 30.3 Å². The molecule has 24 heavy (non-hydrogen) atoms. The number of carbonyl (C=O) groups excluding carboxylic acids is 1. The van der Waals surface area contributed by atoms with E-state index in [1.165, 1.54) is 12.8 Å². The summed E-state index contributed by atoms with van der Waals surface area (Å²) in [5.74, 6) is 2.28. The molecule has 1 aliphatic heterocycles. The molecule has 3 rings (SSSR count). The van der Waals surface area contributed by atoms with Crippen LogP contribution in [0.5, 0.6) is 11.5 Å². The minimum atomic E-state index is 0.0424. The number of likely N-dealkylation sites (tertiary alicyclic amines) is 1. The normalized spacial score (nSPS) is 18.1. The van der Waals surface area contributed by atoms with E-state index in [-0.39, 0.29) is 5.91 Å². The fourth-order valence-electron chi connectivity index (χ4n) is 3.06. The summed E-state index contributed by atoms with van der Waals surface area (Å²) in [5, 5.41) is 2.96. The van der Waals surface area contributed by atoms with Gasteiger partial charge in [-0.15, -0.1) is 0 Å². The molecule has 1 atom stereocenters. The number of carbonyl (C=O) groups is 1. The van der Waals surface area contributed by atoms with Gasteiger partial charge in [0.15, 0.2) is 0 Å². The molecule has 1 heterocycles. The van der Waals surface area contributed by atoms with Crippen molar-refractivity contribution in [1.29, 1.82) is 0 Å². The second kappa shape index (κ2) is 7.97. The lowest BCUT2D eigenvalue weighted by Gasteiger charge is -2.30. The Morgan fingerprint density at radius 1 is 1.12 bits per heavy atom. The predicted octanol–water partition coefficient (Wildman–Crippen LogP) is 4.15. The molecule has 2 aromatic carbocycles. The Labute approximate surface area is 143 Å². The predicted molar refractivity (Wildman–Crippen MR) is 96.4 cm³/mol. The van der Waals surface area contributed by atoms with Crippen molar-refractivity contribution in [3.05, 3.63) is 54.6 Å². The van der Waals surface area contributed by atoms with Crippen LogP contribution in [0, 0.1) is 5.92 Å². The van der Waals surface area contributed by atoms with E-state index in [1.54, 1.807) is 0 Å². The van der Waals surface area contributed by atoms with Crippen molar-refractivity contribution in [2.75, 3.05) is 25.0 Å². The van der Waals surface area contributed by atoms with Crippen molar-refractivity contribution < 1.29 is 9.53 Å². The summed E-state index contributed by atoms with van der Waals surface area (Å²) in [4.78, 5) is 14.4. The number of benzene rings is 2. The van der Waals surface area contributed by atoms with Crippen LogP contribution in [0.1, 0.15) is 19.8 Å². The van der Waals surface area contributed by atoms with Crippen LogP contribution in [-0.4, -0.2) is 30.4 Å². The van der Waals surface area contributed by atoms with Crippen molar-refractivity contribution >= 4 is 11.6 Å². The lowest BCUT2D eigenvalue weighted by Crippen LogP contribution is -2.39. The molecule has 0 spiro atoms. The molecule has 1 fully saturated rings. The Kier molecular flexibility index (Phi) is 5.49. The third-order valence-electron chi connectivity index (χ3n) is 4.23. The number of hydrogen-bond acceptors (Lipinski definition) is 3. The molecular formula is C20H24N2O2. The van der Waals surface area contributed by atoms with Gasteiger partial charge in [-0.05, 0) is 61.7 Å². The molecule has 1 amide bonds. The Morgan fingerprint density at radius 3 is 2.54 bits per heavy atom. The third-order valence-corrected chi connectivity index (χ3v) is 4.23. The molecule has 0 saturated carbocycles. The number of anilines is 1. The van der Waals surface area contributed by atoms with Crippen LogP contribution in [0.15, 0.2) is 54.6 Å². The molecule has 0 radical (unpaired) electrons. The summed E-state index contributed by atoms with van der Waals surface area (Å²) in [6.45, 7) is 4.74. The van der Waals surface area contributed by atoms with E-state index in [4.69, 9.17) is 4.74 Å². The van der Waals surface area contributed by atoms with Crippen molar-refractivity contribution in [2.24, 2.45) is 5.92 Å². The highest BCUT2D eigenvalue weighted by molar-refractivity contribution is 5.92. The van der Waals surface area contributed by atoms with E-state index >= 15 is 0 Å². The molecule has 0 unspecified atom stereocenters. The average molecular weight is 324 g/mol. The maximum Gasteiger partial charge on any atom is 0.238 e. The van der Waals surface area contributed by atoms with Gasteiger partial charge in [0.2, 0.25) is 5.91 Å². The molecule has 1 N–H and O–H groups in total. The van der Waals surface area contributed by atoms with Gasteiger partial charge in [0.25, 0.3) is 0 Å². The number of nitrogens with one attached hydrogen (secondary N) is 1. The zero-order valence-corrected chi connectivity index (χ0v) is 14.1. The summed E-state index contributed by atoms with van der Waals surface area (Å²) < 4.78 is 5.75. The van der Waals surface area contributed by atoms with Gasteiger partial charge in [0.1, 0.15) is 11.5 Å². The first kappa shape index (κ1) is 16.5. The standard InChI is InChI=1S/C20H24N2O2/c1-16-6-5-13-22(14-16)15-20(23)21-17-9-11-19(12-10-17)24-18-7-3-2-4-8-18/h2-4,7-12,16H,5-6,13-15H2,1H3,(H,21,23)/t16-/m1/s1. The van der Waals surface area contributed by atoms with E-state index in [2.05, 4.69) is 17.1 Å². The molecule has 0 bridgehead atoms. The van der Waals surface area contributed by atoms with Crippen LogP contribution in [0.2, 0.25) is 0 Å². The highest BCUT2D eigenvalue weighted by Gasteiger charge is 2.18. The highest BCUT2D eigenvalue weighted by Crippen LogP contribution is 2.22. The monoisotopic (exact) mass is 324 g/mol. The van der Waals surface area contributed by atoms with Gasteiger partial charge in [-0.1, -0.05) is 25.1 Å². The summed E-state index contributed by atoms with van der Waals surface area (Å²) >= 11 is 0. The van der Waals surface area contributed by atoms with Crippen LogP contribution in [0.4, 0.5) is 5.69 Å². The average Bonchev–Trinajstić information content (AvgIpc) is 2.57. The van der Waals surface area contributed by atoms with Gasteiger partial charge < -0.3 is 10.1 Å². The molecule has 2 aromatic rings. The second-order valence-corrected chi connectivity index (χ2v) is 6.47. The van der Waals surface area contributed by atoms with Crippen molar-refractivity contribution in [3.63, 3.8) is 0 Å². The number of nitrogens with zero attached hydrogens (tertiary/aromatic N) is 1. The van der Waals surface area contributed by atoms with Gasteiger partial charge >= 0.3 is 0 Å². The number of amides is 1. The summed E-state index contributed by atoms with van der Waals surface area (Å²) in [7, 11) is 0. The maximum atomic E-state index is 12.2. The lowest BCUT2D eigenvalue weighted by molar-refractivity contribution is -0.117. The molecular weight excluding hydrogens is 300 g/mol. The lowest BCUT2D eigenvalue weighted by atomic mass is 10.0. The molecule has 1 saturated heterocycles. The van der Waals surface area contributed by atoms with E-state index in [1.807, 2.05) is 54.6 Å². The van der Waals surface area contributed by atoms with E-state index in [9.17, 15) is 4.79 Å². The zero-order valence-electron chi connectivity index (χ0n) is 14.1. The first-order chi connectivity index (χ1) is 11.7. The third kappa shape index (κ3) is 4.83. The smallest absolute Gasteiger partial charge is 0.238 e. The van der Waals surface area contributed by atoms with Crippen LogP contribution in [0.3, 0.4) is 0 Å². The number of rotatable bonds is 5. The summed E-state index contributed by atoms with van der Waals surface area (Å²) in [6.07, 6.45) is 2.45. The van der Waals surface area contributed by atoms with Crippen LogP contribution < -0.4 is 10.1 Å². The molecule has 0 aliphatic carbocycles. The van der Waals surface area contributed by atoms with Gasteiger partial charge in [-0.25, -0.2) is 0 Å². The van der Waals surface area contributed by atoms with E-state index < -0.39 is 0 Å². The maximum absolute atomic E-state index is 12.2. The molecule has 4 nitrogen and oxygen atoms in total. The van der Waals surface area contributed by atoms with Crippen molar-refractivity contribution in [3.8, 4) is 11.5 Å². The second-order valence-electron chi connectivity index (χ2n) is 6.47. The molecule has 4 heteroatoms. The Hall–Kier alpha value is -2.33. The van der Waals surface area contributed by atoms with Gasteiger partial charge in [-0.2, -0.15) is 0 Å². The fraction of sp³-hybridized carbons (Fsp3) is 0.350. The van der Waals surface area contributed by atoms with Gasteiger partial charge in [0.05, 0.1) is 6.54 Å². The first-order valence-corrected chi connectivity index (χ1v) is 8.54. The minimum absolute atomic E-state index is 0.0424. The van der Waals surface area contributed by atoms with Crippen LogP contribution in [0.25, 0.3) is 0 Å². The fourth-order valence-corrected chi connectivity index (χ4v) is 3.06. The first-order valence-electron chi connectivity index (χ1n) is 8.54. The highest BCUT2D eigenvalue weighted by atomic mass is 16.5. The molecule has 126 valence electrons. The molecule has 0 aromatic heterocycles. The van der Waals surface area contributed by atoms with Gasteiger partial charge in [-0.3, -0.25) is 9.69 Å².